The Bertz CT molecular complexity index is 1450. The normalized spacial score (nSPS) is 17.2. The van der Waals surface area contributed by atoms with Crippen molar-refractivity contribution >= 4 is 32.6 Å². The zero-order valence-electron chi connectivity index (χ0n) is 19.7. The molecule has 0 radical (unpaired) electrons. The number of halogens is 1. The van der Waals surface area contributed by atoms with Gasteiger partial charge in [0.25, 0.3) is 5.91 Å². The van der Waals surface area contributed by atoms with Gasteiger partial charge in [0.05, 0.1) is 23.4 Å². The first-order valence-corrected chi connectivity index (χ1v) is 13.4. The quantitative estimate of drug-likeness (QED) is 0.555. The predicted octanol–water partition coefficient (Wildman–Crippen LogP) is 2.66. The van der Waals surface area contributed by atoms with Crippen molar-refractivity contribution in [2.24, 2.45) is 0 Å². The van der Waals surface area contributed by atoms with Crippen LogP contribution in [-0.2, 0) is 34.0 Å². The SMILES string of the molecule is Cc1c2c(c(CC(=O)N3CCS(=O)(=O)CC3)c3cc(Cc4ccc(F)cc4)cnc13)CN(C)C2=O. The molecule has 3 heterocycles. The number of hydrogen-bond donors (Lipinski definition) is 0. The molecule has 9 heteroatoms. The van der Waals surface area contributed by atoms with Gasteiger partial charge in [0, 0.05) is 43.8 Å². The first-order chi connectivity index (χ1) is 16.6. The molecule has 0 spiro atoms. The minimum atomic E-state index is -3.10. The maximum atomic E-state index is 13.3. The maximum Gasteiger partial charge on any atom is 0.254 e. The average Bonchev–Trinajstić information content (AvgIpc) is 3.12. The summed E-state index contributed by atoms with van der Waals surface area (Å²) in [6, 6.07) is 8.31. The van der Waals surface area contributed by atoms with E-state index >= 15 is 0 Å². The summed E-state index contributed by atoms with van der Waals surface area (Å²) in [6.45, 7) is 2.65. The standard InChI is InChI=1S/C26H26FN3O4S/c1-16-24-22(15-29(2)26(24)32)20(13-23(31)30-7-9-35(33,34)10-8-30)21-12-18(14-28-25(16)21)11-17-3-5-19(27)6-4-17/h3-6,12,14H,7-11,13,15H2,1-2H3. The highest BCUT2D eigenvalue weighted by Gasteiger charge is 2.33. The Hall–Kier alpha value is -3.33. The molecule has 0 N–H and O–H groups in total. The summed E-state index contributed by atoms with van der Waals surface area (Å²) in [6.07, 6.45) is 2.38. The van der Waals surface area contributed by atoms with E-state index in [9.17, 15) is 22.4 Å². The lowest BCUT2D eigenvalue weighted by Crippen LogP contribution is -2.44. The van der Waals surface area contributed by atoms with E-state index in [4.69, 9.17) is 0 Å². The molecule has 1 saturated heterocycles. The summed E-state index contributed by atoms with van der Waals surface area (Å²) in [5, 5.41) is 0.821. The van der Waals surface area contributed by atoms with Gasteiger partial charge < -0.3 is 9.80 Å². The Kier molecular flexibility index (Phi) is 5.83. The van der Waals surface area contributed by atoms with Crippen molar-refractivity contribution in [1.29, 1.82) is 0 Å². The molecular formula is C26H26FN3O4S. The molecule has 2 amide bonds. The smallest absolute Gasteiger partial charge is 0.254 e. The van der Waals surface area contributed by atoms with Crippen LogP contribution in [0.5, 0.6) is 0 Å². The fourth-order valence-electron chi connectivity index (χ4n) is 5.02. The van der Waals surface area contributed by atoms with Crippen molar-refractivity contribution in [1.82, 2.24) is 14.8 Å². The fourth-order valence-corrected chi connectivity index (χ4v) is 6.22. The first-order valence-electron chi connectivity index (χ1n) is 11.5. The van der Waals surface area contributed by atoms with Gasteiger partial charge in [-0.2, -0.15) is 0 Å². The number of amides is 2. The lowest BCUT2D eigenvalue weighted by molar-refractivity contribution is -0.130. The van der Waals surface area contributed by atoms with Gasteiger partial charge >= 0.3 is 0 Å². The molecule has 2 aliphatic heterocycles. The van der Waals surface area contributed by atoms with Crippen LogP contribution in [-0.4, -0.2) is 66.7 Å². The Balaban J connectivity index is 1.57. The van der Waals surface area contributed by atoms with E-state index in [0.29, 0.717) is 24.0 Å². The molecule has 3 aromatic rings. The Morgan fingerprint density at radius 2 is 1.80 bits per heavy atom. The van der Waals surface area contributed by atoms with Crippen LogP contribution >= 0.6 is 0 Å². The molecule has 0 atom stereocenters. The molecule has 2 aliphatic rings. The second-order valence-corrected chi connectivity index (χ2v) is 11.7. The lowest BCUT2D eigenvalue weighted by Gasteiger charge is -2.27. The average molecular weight is 496 g/mol. The van der Waals surface area contributed by atoms with Gasteiger partial charge in [-0.15, -0.1) is 0 Å². The summed E-state index contributed by atoms with van der Waals surface area (Å²) in [5.41, 5.74) is 5.53. The number of sulfone groups is 1. The number of aryl methyl sites for hydroxylation is 1. The number of nitrogens with zero attached hydrogens (tertiary/aromatic N) is 3. The molecule has 35 heavy (non-hydrogen) atoms. The van der Waals surface area contributed by atoms with Gasteiger partial charge in [0.1, 0.15) is 5.82 Å². The Labute approximate surface area is 203 Å². The van der Waals surface area contributed by atoms with Crippen LogP contribution in [0.1, 0.15) is 38.2 Å². The van der Waals surface area contributed by atoms with Crippen LogP contribution in [0.3, 0.4) is 0 Å². The van der Waals surface area contributed by atoms with E-state index in [1.165, 1.54) is 12.1 Å². The third kappa shape index (κ3) is 4.40. The van der Waals surface area contributed by atoms with E-state index in [2.05, 4.69) is 4.98 Å². The van der Waals surface area contributed by atoms with E-state index < -0.39 is 9.84 Å². The summed E-state index contributed by atoms with van der Waals surface area (Å²) in [4.78, 5) is 34.1. The number of benzene rings is 2. The molecule has 0 saturated carbocycles. The van der Waals surface area contributed by atoms with Crippen molar-refractivity contribution < 1.29 is 22.4 Å². The highest BCUT2D eigenvalue weighted by molar-refractivity contribution is 7.91. The predicted molar refractivity (Wildman–Crippen MR) is 130 cm³/mol. The number of pyridine rings is 1. The third-order valence-electron chi connectivity index (χ3n) is 6.97. The number of fused-ring (bicyclic) bond motifs is 2. The fraction of sp³-hybridized carbons (Fsp3) is 0.346. The van der Waals surface area contributed by atoms with Gasteiger partial charge in [-0.1, -0.05) is 12.1 Å². The summed E-state index contributed by atoms with van der Waals surface area (Å²) < 4.78 is 36.9. The van der Waals surface area contributed by atoms with Crippen LogP contribution in [0.25, 0.3) is 10.9 Å². The molecule has 182 valence electrons. The third-order valence-corrected chi connectivity index (χ3v) is 8.58. The maximum absolute atomic E-state index is 13.3. The minimum Gasteiger partial charge on any atom is -0.340 e. The molecule has 7 nitrogen and oxygen atoms in total. The zero-order chi connectivity index (χ0) is 24.9. The molecule has 5 rings (SSSR count). The van der Waals surface area contributed by atoms with E-state index in [0.717, 1.165) is 33.2 Å². The second-order valence-electron chi connectivity index (χ2n) is 9.37. The molecule has 2 aromatic carbocycles. The second kappa shape index (κ2) is 8.71. The highest BCUT2D eigenvalue weighted by Crippen LogP contribution is 2.36. The molecular weight excluding hydrogens is 469 g/mol. The molecule has 0 bridgehead atoms. The van der Waals surface area contributed by atoms with Crippen molar-refractivity contribution in [3.05, 3.63) is 75.7 Å². The van der Waals surface area contributed by atoms with Crippen molar-refractivity contribution in [3.8, 4) is 0 Å². The number of carbonyl (C=O) groups is 2. The van der Waals surface area contributed by atoms with E-state index in [1.54, 1.807) is 35.2 Å². The first kappa shape index (κ1) is 23.4. The Morgan fingerprint density at radius 1 is 1.11 bits per heavy atom. The van der Waals surface area contributed by atoms with Crippen LogP contribution in [0, 0.1) is 12.7 Å². The van der Waals surface area contributed by atoms with Gasteiger partial charge in [-0.25, -0.2) is 12.8 Å². The van der Waals surface area contributed by atoms with Gasteiger partial charge in [-0.3, -0.25) is 14.6 Å². The van der Waals surface area contributed by atoms with Gasteiger partial charge in [-0.05, 0) is 59.4 Å². The van der Waals surface area contributed by atoms with E-state index in [-0.39, 0.29) is 48.6 Å². The number of rotatable bonds is 4. The van der Waals surface area contributed by atoms with Gasteiger partial charge in [0.15, 0.2) is 9.84 Å². The number of carbonyl (C=O) groups excluding carboxylic acids is 2. The summed E-state index contributed by atoms with van der Waals surface area (Å²) >= 11 is 0. The lowest BCUT2D eigenvalue weighted by atomic mass is 9.90. The number of hydrogen-bond acceptors (Lipinski definition) is 5. The minimum absolute atomic E-state index is 0.0317. The van der Waals surface area contributed by atoms with Crippen molar-refractivity contribution in [3.63, 3.8) is 0 Å². The van der Waals surface area contributed by atoms with Gasteiger partial charge in [0.2, 0.25) is 5.91 Å². The zero-order valence-corrected chi connectivity index (χ0v) is 20.5. The molecule has 0 unspecified atom stereocenters. The molecule has 1 fully saturated rings. The van der Waals surface area contributed by atoms with E-state index in [1.807, 2.05) is 13.0 Å². The van der Waals surface area contributed by atoms with Crippen LogP contribution in [0.4, 0.5) is 4.39 Å². The summed E-state index contributed by atoms with van der Waals surface area (Å²) in [5.74, 6) is -0.601. The Morgan fingerprint density at radius 3 is 2.49 bits per heavy atom. The van der Waals surface area contributed by atoms with Crippen LogP contribution in [0.2, 0.25) is 0 Å². The molecule has 0 aliphatic carbocycles. The monoisotopic (exact) mass is 495 g/mol. The largest absolute Gasteiger partial charge is 0.340 e. The van der Waals surface area contributed by atoms with Crippen molar-refractivity contribution in [2.45, 2.75) is 26.3 Å². The van der Waals surface area contributed by atoms with Crippen molar-refractivity contribution in [2.75, 3.05) is 31.6 Å². The molecule has 1 aromatic heterocycles. The van der Waals surface area contributed by atoms with Crippen LogP contribution in [0.15, 0.2) is 36.5 Å². The summed E-state index contributed by atoms with van der Waals surface area (Å²) in [7, 11) is -1.37. The topological polar surface area (TPSA) is 87.7 Å². The van der Waals surface area contributed by atoms with Crippen LogP contribution < -0.4 is 0 Å². The number of aromatic nitrogens is 1. The highest BCUT2D eigenvalue weighted by atomic mass is 32.2.